The van der Waals surface area contributed by atoms with Gasteiger partial charge in [0.25, 0.3) is 5.91 Å². The summed E-state index contributed by atoms with van der Waals surface area (Å²) in [7, 11) is 0. The zero-order valence-electron chi connectivity index (χ0n) is 15.3. The van der Waals surface area contributed by atoms with E-state index >= 15 is 0 Å². The van der Waals surface area contributed by atoms with E-state index in [1.165, 1.54) is 6.21 Å². The van der Waals surface area contributed by atoms with Gasteiger partial charge in [0.2, 0.25) is 0 Å². The Morgan fingerprint density at radius 3 is 2.57 bits per heavy atom. The van der Waals surface area contributed by atoms with Crippen molar-refractivity contribution < 1.29 is 13.9 Å². The molecule has 0 aliphatic carbocycles. The summed E-state index contributed by atoms with van der Waals surface area (Å²) in [6.45, 7) is 3.72. The highest BCUT2D eigenvalue weighted by molar-refractivity contribution is 6.43. The average Bonchev–Trinajstić information content (AvgIpc) is 3.12. The Labute approximate surface area is 172 Å². The number of furan rings is 1. The van der Waals surface area contributed by atoms with E-state index in [0.29, 0.717) is 32.9 Å². The van der Waals surface area contributed by atoms with Gasteiger partial charge in [-0.3, -0.25) is 4.79 Å². The van der Waals surface area contributed by atoms with Gasteiger partial charge in [-0.25, -0.2) is 5.43 Å². The molecule has 28 heavy (non-hydrogen) atoms. The molecule has 0 saturated carbocycles. The number of carbonyl (C=O) groups excluding carboxylic acids is 1. The van der Waals surface area contributed by atoms with Crippen LogP contribution >= 0.6 is 23.2 Å². The van der Waals surface area contributed by atoms with E-state index in [1.54, 1.807) is 30.3 Å². The molecule has 3 rings (SSSR count). The Hall–Kier alpha value is -2.76. The second-order valence-electron chi connectivity index (χ2n) is 6.11. The smallest absolute Gasteiger partial charge is 0.277 e. The lowest BCUT2D eigenvalue weighted by Gasteiger charge is -2.10. The van der Waals surface area contributed by atoms with Gasteiger partial charge in [0.1, 0.15) is 17.3 Å². The Kier molecular flexibility index (Phi) is 6.39. The van der Waals surface area contributed by atoms with E-state index in [0.717, 1.165) is 11.1 Å². The van der Waals surface area contributed by atoms with Crippen LogP contribution in [-0.2, 0) is 4.79 Å². The number of nitrogens with zero attached hydrogens (tertiary/aromatic N) is 1. The molecular formula is C21H18Cl2N2O3. The summed E-state index contributed by atoms with van der Waals surface area (Å²) in [5.74, 6) is 1.35. The van der Waals surface area contributed by atoms with Crippen LogP contribution in [0.2, 0.25) is 10.0 Å². The SMILES string of the molecule is Cc1cccc(C)c1OCC(=O)N/N=C/c1ccc(-c2cccc(Cl)c2Cl)o1. The molecule has 0 fully saturated rings. The topological polar surface area (TPSA) is 63.8 Å². The zero-order valence-corrected chi connectivity index (χ0v) is 16.8. The molecule has 1 heterocycles. The minimum Gasteiger partial charge on any atom is -0.483 e. The van der Waals surface area contributed by atoms with Crippen molar-refractivity contribution in [3.63, 3.8) is 0 Å². The fourth-order valence-corrected chi connectivity index (χ4v) is 3.02. The molecule has 0 aliphatic heterocycles. The molecular weight excluding hydrogens is 399 g/mol. The lowest BCUT2D eigenvalue weighted by molar-refractivity contribution is -0.123. The molecule has 1 aromatic heterocycles. The second-order valence-corrected chi connectivity index (χ2v) is 6.89. The molecule has 0 radical (unpaired) electrons. The van der Waals surface area contributed by atoms with Crippen LogP contribution < -0.4 is 10.2 Å². The number of para-hydroxylation sites is 1. The number of ether oxygens (including phenoxy) is 1. The molecule has 7 heteroatoms. The van der Waals surface area contributed by atoms with Gasteiger partial charge in [0.05, 0.1) is 16.3 Å². The molecule has 0 unspecified atom stereocenters. The van der Waals surface area contributed by atoms with Gasteiger partial charge < -0.3 is 9.15 Å². The first-order chi connectivity index (χ1) is 13.5. The first-order valence-corrected chi connectivity index (χ1v) is 9.26. The lowest BCUT2D eigenvalue weighted by atomic mass is 10.1. The number of halogens is 2. The average molecular weight is 417 g/mol. The molecule has 144 valence electrons. The van der Waals surface area contributed by atoms with Gasteiger partial charge in [0.15, 0.2) is 6.61 Å². The van der Waals surface area contributed by atoms with E-state index in [4.69, 9.17) is 32.4 Å². The zero-order chi connectivity index (χ0) is 20.1. The second kappa shape index (κ2) is 8.95. The van der Waals surface area contributed by atoms with Crippen molar-refractivity contribution in [2.75, 3.05) is 6.61 Å². The van der Waals surface area contributed by atoms with Crippen LogP contribution in [0.25, 0.3) is 11.3 Å². The third-order valence-corrected chi connectivity index (χ3v) is 4.80. The van der Waals surface area contributed by atoms with Crippen molar-refractivity contribution in [2.24, 2.45) is 5.10 Å². The summed E-state index contributed by atoms with van der Waals surface area (Å²) in [5, 5.41) is 4.75. The molecule has 0 aliphatic rings. The summed E-state index contributed by atoms with van der Waals surface area (Å²) in [6.07, 6.45) is 1.40. The molecule has 2 aromatic carbocycles. The number of hydrazone groups is 1. The van der Waals surface area contributed by atoms with Crippen molar-refractivity contribution >= 4 is 35.3 Å². The van der Waals surface area contributed by atoms with Crippen LogP contribution in [0.4, 0.5) is 0 Å². The number of aryl methyl sites for hydroxylation is 2. The summed E-state index contributed by atoms with van der Waals surface area (Å²) in [4.78, 5) is 11.9. The summed E-state index contributed by atoms with van der Waals surface area (Å²) in [6, 6.07) is 14.6. The lowest BCUT2D eigenvalue weighted by Crippen LogP contribution is -2.24. The van der Waals surface area contributed by atoms with Crippen LogP contribution in [-0.4, -0.2) is 18.7 Å². The molecule has 1 amide bonds. The number of benzene rings is 2. The highest BCUT2D eigenvalue weighted by Gasteiger charge is 2.10. The third-order valence-electron chi connectivity index (χ3n) is 3.98. The Morgan fingerprint density at radius 1 is 1.11 bits per heavy atom. The van der Waals surface area contributed by atoms with Crippen molar-refractivity contribution in [1.29, 1.82) is 0 Å². The molecule has 1 N–H and O–H groups in total. The molecule has 3 aromatic rings. The highest BCUT2D eigenvalue weighted by atomic mass is 35.5. The molecule has 0 bridgehead atoms. The van der Waals surface area contributed by atoms with E-state index in [9.17, 15) is 4.79 Å². The molecule has 0 atom stereocenters. The number of hydrogen-bond acceptors (Lipinski definition) is 4. The van der Waals surface area contributed by atoms with E-state index in [-0.39, 0.29) is 12.5 Å². The summed E-state index contributed by atoms with van der Waals surface area (Å²) >= 11 is 12.2. The van der Waals surface area contributed by atoms with Crippen LogP contribution in [0.15, 0.2) is 58.0 Å². The molecule has 0 saturated heterocycles. The van der Waals surface area contributed by atoms with Crippen molar-refractivity contribution in [2.45, 2.75) is 13.8 Å². The Morgan fingerprint density at radius 2 is 1.82 bits per heavy atom. The monoisotopic (exact) mass is 416 g/mol. The van der Waals surface area contributed by atoms with Gasteiger partial charge in [-0.05, 0) is 49.2 Å². The van der Waals surface area contributed by atoms with Crippen LogP contribution in [0.1, 0.15) is 16.9 Å². The number of nitrogens with one attached hydrogen (secondary N) is 1. The van der Waals surface area contributed by atoms with Crippen LogP contribution in [0, 0.1) is 13.8 Å². The number of carbonyl (C=O) groups is 1. The summed E-state index contributed by atoms with van der Waals surface area (Å²) < 4.78 is 11.3. The van der Waals surface area contributed by atoms with Crippen LogP contribution in [0.5, 0.6) is 5.75 Å². The van der Waals surface area contributed by atoms with Crippen molar-refractivity contribution in [1.82, 2.24) is 5.43 Å². The number of hydrogen-bond donors (Lipinski definition) is 1. The summed E-state index contributed by atoms with van der Waals surface area (Å²) in [5.41, 5.74) is 5.03. The molecule has 0 spiro atoms. The quantitative estimate of drug-likeness (QED) is 0.432. The van der Waals surface area contributed by atoms with Gasteiger partial charge in [-0.15, -0.1) is 0 Å². The van der Waals surface area contributed by atoms with Crippen molar-refractivity contribution in [3.05, 3.63) is 75.5 Å². The van der Waals surface area contributed by atoms with Gasteiger partial charge in [-0.2, -0.15) is 5.10 Å². The van der Waals surface area contributed by atoms with E-state index in [1.807, 2.05) is 32.0 Å². The standard InChI is InChI=1S/C21H18Cl2N2O3/c1-13-5-3-6-14(2)21(13)27-12-19(26)25-24-11-15-9-10-18(28-15)16-7-4-8-17(22)20(16)23/h3-11H,12H2,1-2H3,(H,25,26)/b24-11+. The normalized spacial score (nSPS) is 11.0. The minimum absolute atomic E-state index is 0.134. The van der Waals surface area contributed by atoms with Gasteiger partial charge in [0, 0.05) is 5.56 Å². The number of amides is 1. The molecule has 5 nitrogen and oxygen atoms in total. The minimum atomic E-state index is -0.372. The van der Waals surface area contributed by atoms with Gasteiger partial charge in [-0.1, -0.05) is 47.5 Å². The third kappa shape index (κ3) is 4.74. The maximum atomic E-state index is 11.9. The largest absolute Gasteiger partial charge is 0.483 e. The Balaban J connectivity index is 1.57. The highest BCUT2D eigenvalue weighted by Crippen LogP contribution is 2.34. The van der Waals surface area contributed by atoms with Crippen LogP contribution in [0.3, 0.4) is 0 Å². The fraction of sp³-hybridized carbons (Fsp3) is 0.143. The maximum Gasteiger partial charge on any atom is 0.277 e. The van der Waals surface area contributed by atoms with Crippen molar-refractivity contribution in [3.8, 4) is 17.1 Å². The van der Waals surface area contributed by atoms with E-state index < -0.39 is 0 Å². The fourth-order valence-electron chi connectivity index (χ4n) is 2.63. The first-order valence-electron chi connectivity index (χ1n) is 8.51. The van der Waals surface area contributed by atoms with Gasteiger partial charge >= 0.3 is 0 Å². The first kappa shape index (κ1) is 20.0. The Bertz CT molecular complexity index is 1010. The predicted octanol–water partition coefficient (Wildman–Crippen LogP) is 5.40. The predicted molar refractivity (Wildman–Crippen MR) is 111 cm³/mol. The number of rotatable bonds is 6. The maximum absolute atomic E-state index is 11.9. The van der Waals surface area contributed by atoms with E-state index in [2.05, 4.69) is 10.5 Å².